The summed E-state index contributed by atoms with van der Waals surface area (Å²) in [6.07, 6.45) is 1.61. The lowest BCUT2D eigenvalue weighted by Gasteiger charge is -2.29. The molecule has 21 heavy (non-hydrogen) atoms. The Bertz CT molecular complexity index is 741. The van der Waals surface area contributed by atoms with E-state index >= 15 is 0 Å². The van der Waals surface area contributed by atoms with Crippen molar-refractivity contribution in [1.29, 1.82) is 0 Å². The summed E-state index contributed by atoms with van der Waals surface area (Å²) in [5, 5.41) is 3.77. The number of rotatable bonds is 3. The van der Waals surface area contributed by atoms with Crippen molar-refractivity contribution >= 4 is 33.0 Å². The lowest BCUT2D eigenvalue weighted by molar-refractivity contribution is 0.265. The van der Waals surface area contributed by atoms with E-state index in [1.165, 1.54) is 4.31 Å². The second-order valence-electron chi connectivity index (χ2n) is 4.94. The first-order valence-corrected chi connectivity index (χ1v) is 9.16. The molecule has 0 N–H and O–H groups in total. The molecule has 1 atom stereocenters. The van der Waals surface area contributed by atoms with Crippen LogP contribution in [0, 0.1) is 6.92 Å². The van der Waals surface area contributed by atoms with Crippen molar-refractivity contribution in [2.45, 2.75) is 29.9 Å². The van der Waals surface area contributed by atoms with E-state index < -0.39 is 10.0 Å². The van der Waals surface area contributed by atoms with Crippen LogP contribution in [0.25, 0.3) is 0 Å². The molecule has 0 bridgehead atoms. The fourth-order valence-corrected chi connectivity index (χ4v) is 5.57. The number of hydrogen-bond acceptors (Lipinski definition) is 6. The summed E-state index contributed by atoms with van der Waals surface area (Å²) in [6.45, 7) is 2.61. The van der Waals surface area contributed by atoms with Gasteiger partial charge in [0.05, 0.1) is 10.3 Å². The lowest BCUT2D eigenvalue weighted by Crippen LogP contribution is -2.38. The number of thiophene rings is 1. The monoisotopic (exact) mass is 347 g/mol. The maximum absolute atomic E-state index is 12.6. The van der Waals surface area contributed by atoms with Gasteiger partial charge in [-0.1, -0.05) is 16.8 Å². The van der Waals surface area contributed by atoms with E-state index in [-0.39, 0.29) is 10.1 Å². The van der Waals surface area contributed by atoms with Crippen molar-refractivity contribution in [1.82, 2.24) is 14.4 Å². The van der Waals surface area contributed by atoms with Crippen LogP contribution in [-0.2, 0) is 10.0 Å². The predicted octanol–water partition coefficient (Wildman–Crippen LogP) is 2.66. The highest BCUT2D eigenvalue weighted by molar-refractivity contribution is 7.91. The second-order valence-corrected chi connectivity index (χ2v) is 8.82. The molecule has 2 aromatic rings. The highest BCUT2D eigenvalue weighted by Gasteiger charge is 2.33. The van der Waals surface area contributed by atoms with Crippen LogP contribution in [0.15, 0.2) is 20.9 Å². The molecule has 0 saturated carbocycles. The minimum absolute atomic E-state index is 0.0508. The van der Waals surface area contributed by atoms with Crippen LogP contribution in [0.2, 0.25) is 4.34 Å². The van der Waals surface area contributed by atoms with E-state index in [0.29, 0.717) is 29.1 Å². The van der Waals surface area contributed by atoms with E-state index in [2.05, 4.69) is 10.1 Å². The molecule has 1 aliphatic heterocycles. The first-order valence-electron chi connectivity index (χ1n) is 6.52. The molecule has 1 saturated heterocycles. The van der Waals surface area contributed by atoms with Gasteiger partial charge < -0.3 is 4.52 Å². The Morgan fingerprint density at radius 1 is 1.48 bits per heavy atom. The maximum atomic E-state index is 12.6. The normalized spacial score (nSPS) is 20.8. The van der Waals surface area contributed by atoms with Crippen LogP contribution in [0.1, 0.15) is 30.5 Å². The van der Waals surface area contributed by atoms with Crippen LogP contribution in [-0.4, -0.2) is 36.0 Å². The average molecular weight is 348 g/mol. The molecule has 0 spiro atoms. The fraction of sp³-hybridized carbons (Fsp3) is 0.500. The van der Waals surface area contributed by atoms with Gasteiger partial charge in [0.15, 0.2) is 5.82 Å². The molecule has 1 aliphatic rings. The van der Waals surface area contributed by atoms with Gasteiger partial charge in [-0.25, -0.2) is 8.42 Å². The summed E-state index contributed by atoms with van der Waals surface area (Å²) in [5.41, 5.74) is 0. The van der Waals surface area contributed by atoms with E-state index in [0.717, 1.165) is 24.2 Å². The van der Waals surface area contributed by atoms with E-state index in [9.17, 15) is 8.42 Å². The SMILES string of the molecule is Cc1noc([C@@H]2CCCN(S(=O)(=O)c3ccc(Cl)s3)C2)n1. The largest absolute Gasteiger partial charge is 0.339 e. The molecule has 3 rings (SSSR count). The molecule has 0 unspecified atom stereocenters. The summed E-state index contributed by atoms with van der Waals surface area (Å²) < 4.78 is 32.6. The molecule has 9 heteroatoms. The van der Waals surface area contributed by atoms with Gasteiger partial charge in [0.1, 0.15) is 4.21 Å². The van der Waals surface area contributed by atoms with E-state index in [4.69, 9.17) is 16.1 Å². The Kier molecular flexibility index (Phi) is 4.04. The number of nitrogens with zero attached hydrogens (tertiary/aromatic N) is 3. The van der Waals surface area contributed by atoms with Gasteiger partial charge in [0.25, 0.3) is 10.0 Å². The molecule has 114 valence electrons. The molecule has 3 heterocycles. The third-order valence-corrected chi connectivity index (χ3v) is 6.98. The van der Waals surface area contributed by atoms with Crippen LogP contribution < -0.4 is 0 Å². The highest BCUT2D eigenvalue weighted by Crippen LogP contribution is 2.33. The number of hydrogen-bond donors (Lipinski definition) is 0. The van der Waals surface area contributed by atoms with Crippen molar-refractivity contribution < 1.29 is 12.9 Å². The number of halogens is 1. The highest BCUT2D eigenvalue weighted by atomic mass is 35.5. The summed E-state index contributed by atoms with van der Waals surface area (Å²) in [6, 6.07) is 3.14. The lowest BCUT2D eigenvalue weighted by atomic mass is 10.00. The fourth-order valence-electron chi connectivity index (χ4n) is 2.40. The Morgan fingerprint density at radius 2 is 2.29 bits per heavy atom. The number of sulfonamides is 1. The van der Waals surface area contributed by atoms with Gasteiger partial charge in [0.2, 0.25) is 5.89 Å². The summed E-state index contributed by atoms with van der Waals surface area (Å²) in [5.74, 6) is 1.02. The Labute approximate surface area is 131 Å². The predicted molar refractivity (Wildman–Crippen MR) is 79.1 cm³/mol. The van der Waals surface area contributed by atoms with Gasteiger partial charge in [-0.05, 0) is 31.9 Å². The molecule has 6 nitrogen and oxygen atoms in total. The summed E-state index contributed by atoms with van der Waals surface area (Å²) >= 11 is 6.91. The first kappa shape index (κ1) is 15.0. The molecule has 0 aliphatic carbocycles. The summed E-state index contributed by atoms with van der Waals surface area (Å²) in [4.78, 5) is 4.21. The van der Waals surface area contributed by atoms with Gasteiger partial charge >= 0.3 is 0 Å². The molecule has 2 aromatic heterocycles. The van der Waals surface area contributed by atoms with Crippen molar-refractivity contribution in [2.75, 3.05) is 13.1 Å². The van der Waals surface area contributed by atoms with Crippen molar-refractivity contribution in [3.63, 3.8) is 0 Å². The zero-order valence-electron chi connectivity index (χ0n) is 11.3. The van der Waals surface area contributed by atoms with Crippen LogP contribution in [0.3, 0.4) is 0 Å². The topological polar surface area (TPSA) is 76.3 Å². The van der Waals surface area contributed by atoms with Crippen LogP contribution in [0.5, 0.6) is 0 Å². The zero-order valence-corrected chi connectivity index (χ0v) is 13.7. The number of aryl methyl sites for hydroxylation is 1. The van der Waals surface area contributed by atoms with E-state index in [1.54, 1.807) is 19.1 Å². The quantitative estimate of drug-likeness (QED) is 0.853. The van der Waals surface area contributed by atoms with Gasteiger partial charge in [-0.3, -0.25) is 0 Å². The first-order chi connectivity index (χ1) is 9.96. The minimum atomic E-state index is -3.50. The molecule has 0 amide bonds. The minimum Gasteiger partial charge on any atom is -0.339 e. The molecule has 0 radical (unpaired) electrons. The summed E-state index contributed by atoms with van der Waals surface area (Å²) in [7, 11) is -3.50. The number of piperidine rings is 1. The third kappa shape index (κ3) is 2.98. The molecular formula is C12H14ClN3O3S2. The Hall–Kier alpha value is -0.960. The van der Waals surface area contributed by atoms with Crippen LogP contribution >= 0.6 is 22.9 Å². The zero-order chi connectivity index (χ0) is 15.0. The van der Waals surface area contributed by atoms with Gasteiger partial charge in [-0.2, -0.15) is 9.29 Å². The Morgan fingerprint density at radius 3 is 2.90 bits per heavy atom. The third-order valence-electron chi connectivity index (χ3n) is 3.42. The van der Waals surface area contributed by atoms with E-state index in [1.807, 2.05) is 0 Å². The Balaban J connectivity index is 1.83. The second kappa shape index (κ2) is 5.68. The maximum Gasteiger partial charge on any atom is 0.252 e. The molecule has 1 fully saturated rings. The van der Waals surface area contributed by atoms with Gasteiger partial charge in [-0.15, -0.1) is 11.3 Å². The van der Waals surface area contributed by atoms with Crippen LogP contribution in [0.4, 0.5) is 0 Å². The van der Waals surface area contributed by atoms with Crippen molar-refractivity contribution in [3.8, 4) is 0 Å². The molecular weight excluding hydrogens is 334 g/mol. The van der Waals surface area contributed by atoms with Crippen molar-refractivity contribution in [2.24, 2.45) is 0 Å². The molecule has 0 aromatic carbocycles. The smallest absolute Gasteiger partial charge is 0.252 e. The van der Waals surface area contributed by atoms with Gasteiger partial charge in [0, 0.05) is 13.1 Å². The standard InChI is InChI=1S/C12H14ClN3O3S2/c1-8-14-12(19-15-8)9-3-2-6-16(7-9)21(17,18)11-5-4-10(13)20-11/h4-5,9H,2-3,6-7H2,1H3/t9-/m1/s1. The van der Waals surface area contributed by atoms with Crippen molar-refractivity contribution in [3.05, 3.63) is 28.2 Å². The number of aromatic nitrogens is 2. The average Bonchev–Trinajstić information content (AvgIpc) is 3.08.